The molecule has 3 N–H and O–H groups in total. The molecule has 0 aromatic rings. The number of carbonyl (C=O) groups excluding carboxylic acids is 2. The number of amides is 2. The molecule has 0 spiro atoms. The van der Waals surface area contributed by atoms with Crippen LogP contribution in [0.1, 0.15) is 0 Å². The molecule has 0 bridgehead atoms. The van der Waals surface area contributed by atoms with Gasteiger partial charge in [0.25, 0.3) is 9.52 Å². The molecule has 1 aliphatic heterocycles. The average Bonchev–Trinajstić information content (AvgIpc) is 2.13. The number of nitrogens with one attached hydrogen (secondary N) is 2. The van der Waals surface area contributed by atoms with E-state index >= 15 is 0 Å². The molecule has 0 aromatic carbocycles. The lowest BCUT2D eigenvalue weighted by molar-refractivity contribution is -0.252. The Morgan fingerprint density at radius 2 is 1.83 bits per heavy atom. The highest BCUT2D eigenvalue weighted by Gasteiger charge is 2.62. The van der Waals surface area contributed by atoms with Crippen LogP contribution >= 0.6 is 34.8 Å². The topological polar surface area (TPSA) is 78.4 Å². The summed E-state index contributed by atoms with van der Waals surface area (Å²) in [5, 5.41) is 12.3. The van der Waals surface area contributed by atoms with Crippen molar-refractivity contribution in [3.8, 4) is 0 Å². The van der Waals surface area contributed by atoms with Gasteiger partial charge in [-0.15, -0.1) is 0 Å². The lowest BCUT2D eigenvalue weighted by Gasteiger charge is -2.35. The molecule has 11 heteroatoms. The monoisotopic (exact) mass is 326 g/mol. The molecule has 2 amide bonds. The van der Waals surface area contributed by atoms with Crippen LogP contribution in [0.4, 0.5) is 18.0 Å². The zero-order chi connectivity index (χ0) is 14.4. The number of Topliss-reactive ketones (excluding diaryl/α,β-unsaturated/α-hetero) is 1. The number of aliphatic hydroxyl groups is 1. The molecule has 0 saturated heterocycles. The third-order valence-corrected chi connectivity index (χ3v) is 2.46. The summed E-state index contributed by atoms with van der Waals surface area (Å²) >= 11 is 15.5. The SMILES string of the molecule is O=C1NC=C(C(=O)C(Cl)(Cl)Cl)C(O)(C(F)(F)F)N1. The van der Waals surface area contributed by atoms with Crippen LogP contribution < -0.4 is 10.6 Å². The Kier molecular flexibility index (Phi) is 3.79. The van der Waals surface area contributed by atoms with E-state index in [2.05, 4.69) is 0 Å². The highest BCUT2D eigenvalue weighted by Crippen LogP contribution is 2.40. The Morgan fingerprint density at radius 3 is 2.22 bits per heavy atom. The van der Waals surface area contributed by atoms with Crippen molar-refractivity contribution in [2.75, 3.05) is 0 Å². The number of ketones is 1. The van der Waals surface area contributed by atoms with E-state index in [0.717, 1.165) is 5.32 Å². The lowest BCUT2D eigenvalue weighted by Crippen LogP contribution is -2.66. The first-order valence-corrected chi connectivity index (χ1v) is 5.23. The fourth-order valence-corrected chi connectivity index (χ4v) is 1.42. The van der Waals surface area contributed by atoms with Gasteiger partial charge in [-0.3, -0.25) is 10.1 Å². The van der Waals surface area contributed by atoms with E-state index in [1.165, 1.54) is 0 Å². The molecule has 1 aliphatic rings. The number of urea groups is 1. The van der Waals surface area contributed by atoms with Crippen LogP contribution in [0.2, 0.25) is 0 Å². The van der Waals surface area contributed by atoms with Gasteiger partial charge in [0.2, 0.25) is 5.78 Å². The molecule has 1 unspecified atom stereocenters. The highest BCUT2D eigenvalue weighted by atomic mass is 35.6. The van der Waals surface area contributed by atoms with E-state index in [-0.39, 0.29) is 0 Å². The number of hydrogen-bond acceptors (Lipinski definition) is 3. The molecule has 0 fully saturated rings. The van der Waals surface area contributed by atoms with E-state index in [4.69, 9.17) is 34.8 Å². The van der Waals surface area contributed by atoms with Gasteiger partial charge in [-0.05, 0) is 0 Å². The van der Waals surface area contributed by atoms with Crippen LogP contribution in [0.5, 0.6) is 0 Å². The zero-order valence-electron chi connectivity index (χ0n) is 8.11. The Balaban J connectivity index is 3.31. The van der Waals surface area contributed by atoms with Crippen molar-refractivity contribution >= 4 is 46.6 Å². The average molecular weight is 327 g/mol. The number of rotatable bonds is 1. The fraction of sp³-hybridized carbons (Fsp3) is 0.429. The second-order valence-corrected chi connectivity index (χ2v) is 5.47. The van der Waals surface area contributed by atoms with Gasteiger partial charge in [0, 0.05) is 6.20 Å². The summed E-state index contributed by atoms with van der Waals surface area (Å²) in [5.74, 6) is -1.63. The van der Waals surface area contributed by atoms with Gasteiger partial charge in [-0.2, -0.15) is 13.2 Å². The summed E-state index contributed by atoms with van der Waals surface area (Å²) in [6.07, 6.45) is -5.04. The summed E-state index contributed by atoms with van der Waals surface area (Å²) in [6.45, 7) is 0. The first-order chi connectivity index (χ1) is 7.89. The molecule has 102 valence electrons. The minimum Gasteiger partial charge on any atom is -0.360 e. The van der Waals surface area contributed by atoms with E-state index in [9.17, 15) is 27.9 Å². The largest absolute Gasteiger partial charge is 0.441 e. The van der Waals surface area contributed by atoms with Crippen molar-refractivity contribution in [2.24, 2.45) is 0 Å². The molecular formula is C7H4Cl3F3N2O3. The second-order valence-electron chi connectivity index (χ2n) is 3.19. The molecule has 0 aromatic heterocycles. The van der Waals surface area contributed by atoms with Gasteiger partial charge in [-0.25, -0.2) is 4.79 Å². The molecule has 1 atom stereocenters. The van der Waals surface area contributed by atoms with E-state index in [0.29, 0.717) is 6.20 Å². The summed E-state index contributed by atoms with van der Waals surface area (Å²) in [5.41, 5.74) is -5.26. The summed E-state index contributed by atoms with van der Waals surface area (Å²) in [6, 6.07) is -1.37. The molecular weight excluding hydrogens is 323 g/mol. The first kappa shape index (κ1) is 15.4. The molecule has 5 nitrogen and oxygen atoms in total. The molecule has 1 heterocycles. The van der Waals surface area contributed by atoms with Crippen LogP contribution in [0, 0.1) is 0 Å². The van der Waals surface area contributed by atoms with E-state index < -0.39 is 33.1 Å². The fourth-order valence-electron chi connectivity index (χ4n) is 1.12. The van der Waals surface area contributed by atoms with Crippen molar-refractivity contribution in [2.45, 2.75) is 15.7 Å². The van der Waals surface area contributed by atoms with Crippen LogP contribution in [-0.4, -0.2) is 32.6 Å². The number of hydrogen-bond donors (Lipinski definition) is 3. The maximum Gasteiger partial charge on any atom is 0.441 e. The van der Waals surface area contributed by atoms with Crippen molar-refractivity contribution in [1.29, 1.82) is 0 Å². The molecule has 0 saturated carbocycles. The quantitative estimate of drug-likeness (QED) is 0.637. The zero-order valence-corrected chi connectivity index (χ0v) is 10.4. The van der Waals surface area contributed by atoms with Crippen LogP contribution in [0.3, 0.4) is 0 Å². The molecule has 0 aliphatic carbocycles. The van der Waals surface area contributed by atoms with Crippen LogP contribution in [-0.2, 0) is 4.79 Å². The van der Waals surface area contributed by atoms with Gasteiger partial charge in [0.1, 0.15) is 0 Å². The number of carbonyl (C=O) groups is 2. The van der Waals surface area contributed by atoms with Gasteiger partial charge in [0.15, 0.2) is 0 Å². The number of alkyl halides is 6. The second kappa shape index (κ2) is 4.44. The summed E-state index contributed by atoms with van der Waals surface area (Å²) in [7, 11) is 0. The Labute approximate surface area is 113 Å². The first-order valence-electron chi connectivity index (χ1n) is 4.09. The minimum absolute atomic E-state index is 0.330. The van der Waals surface area contributed by atoms with Crippen molar-refractivity contribution in [3.63, 3.8) is 0 Å². The van der Waals surface area contributed by atoms with Gasteiger partial charge >= 0.3 is 12.2 Å². The third-order valence-electron chi connectivity index (χ3n) is 1.94. The predicted octanol–water partition coefficient (Wildman–Crippen LogP) is 1.37. The highest BCUT2D eigenvalue weighted by molar-refractivity contribution is 6.77. The van der Waals surface area contributed by atoms with Gasteiger partial charge in [-0.1, -0.05) is 34.8 Å². The normalized spacial score (nSPS) is 25.1. The minimum atomic E-state index is -5.37. The smallest absolute Gasteiger partial charge is 0.360 e. The van der Waals surface area contributed by atoms with Crippen LogP contribution in [0.25, 0.3) is 0 Å². The van der Waals surface area contributed by atoms with Crippen molar-refractivity contribution < 1.29 is 27.9 Å². The standard InChI is InChI=1S/C7H4Cl3F3N2O3/c8-6(9,10)3(16)2-1-14-4(17)15-5(2,18)7(11,12)13/h1,18H,(H2,14,15,17). The predicted molar refractivity (Wildman–Crippen MR) is 56.1 cm³/mol. The molecule has 1 rings (SSSR count). The maximum absolute atomic E-state index is 12.7. The van der Waals surface area contributed by atoms with Crippen molar-refractivity contribution in [3.05, 3.63) is 11.8 Å². The van der Waals surface area contributed by atoms with Crippen molar-refractivity contribution in [1.82, 2.24) is 10.6 Å². The summed E-state index contributed by atoms with van der Waals surface area (Å²) < 4.78 is 35.3. The number of halogens is 6. The van der Waals surface area contributed by atoms with Gasteiger partial charge in [0.05, 0.1) is 5.57 Å². The Morgan fingerprint density at radius 1 is 1.33 bits per heavy atom. The lowest BCUT2D eigenvalue weighted by atomic mass is 9.98. The Hall–Kier alpha value is -0.700. The maximum atomic E-state index is 12.7. The van der Waals surface area contributed by atoms with E-state index in [1.54, 1.807) is 5.32 Å². The Bertz CT molecular complexity index is 432. The molecule has 0 radical (unpaired) electrons. The van der Waals surface area contributed by atoms with Crippen LogP contribution in [0.15, 0.2) is 11.8 Å². The van der Waals surface area contributed by atoms with Gasteiger partial charge < -0.3 is 10.4 Å². The third kappa shape index (κ3) is 2.66. The summed E-state index contributed by atoms with van der Waals surface area (Å²) in [4.78, 5) is 22.3. The molecule has 18 heavy (non-hydrogen) atoms. The van der Waals surface area contributed by atoms with E-state index in [1.807, 2.05) is 0 Å².